The Kier molecular flexibility index (Phi) is 3.65. The standard InChI is InChI=1S/C22H21N3O2/c1-3-27-13(2)17-11-23-12-18-16(17)10-20-21-15(8-9-25(20)22(18)26)14-6-4-5-7-19(14)24-21/h4-7,10-13,24H,3,8-9H2,1-2H3. The fourth-order valence-electron chi connectivity index (χ4n) is 4.28. The zero-order valence-corrected chi connectivity index (χ0v) is 15.5. The molecule has 0 bridgehead atoms. The second kappa shape index (κ2) is 6.06. The van der Waals surface area contributed by atoms with Gasteiger partial charge in [0, 0.05) is 42.0 Å². The summed E-state index contributed by atoms with van der Waals surface area (Å²) in [6, 6.07) is 10.4. The number of aromatic nitrogens is 3. The van der Waals surface area contributed by atoms with Crippen molar-refractivity contribution in [1.29, 1.82) is 0 Å². The summed E-state index contributed by atoms with van der Waals surface area (Å²) in [6.07, 6.45) is 4.22. The van der Waals surface area contributed by atoms with Crippen molar-refractivity contribution >= 4 is 21.7 Å². The minimum absolute atomic E-state index is 0.0184. The molecule has 1 aliphatic rings. The van der Waals surface area contributed by atoms with E-state index >= 15 is 0 Å². The smallest absolute Gasteiger partial charge is 0.260 e. The molecule has 27 heavy (non-hydrogen) atoms. The molecule has 1 atom stereocenters. The van der Waals surface area contributed by atoms with Gasteiger partial charge in [0.25, 0.3) is 5.56 Å². The lowest BCUT2D eigenvalue weighted by atomic mass is 9.98. The Hall–Kier alpha value is -2.92. The predicted octanol–water partition coefficient (Wildman–Crippen LogP) is 4.20. The minimum atomic E-state index is -0.112. The van der Waals surface area contributed by atoms with Crippen molar-refractivity contribution < 1.29 is 4.74 Å². The van der Waals surface area contributed by atoms with Crippen LogP contribution in [0.4, 0.5) is 0 Å². The van der Waals surface area contributed by atoms with Crippen molar-refractivity contribution in [2.45, 2.75) is 32.9 Å². The molecular weight excluding hydrogens is 338 g/mol. The summed E-state index contributed by atoms with van der Waals surface area (Å²) < 4.78 is 7.65. The first kappa shape index (κ1) is 16.3. The van der Waals surface area contributed by atoms with Gasteiger partial charge in [0.2, 0.25) is 0 Å². The van der Waals surface area contributed by atoms with E-state index in [1.54, 1.807) is 6.20 Å². The van der Waals surface area contributed by atoms with Crippen LogP contribution >= 0.6 is 0 Å². The molecule has 4 aromatic rings. The zero-order chi connectivity index (χ0) is 18.5. The van der Waals surface area contributed by atoms with E-state index in [-0.39, 0.29) is 11.7 Å². The largest absolute Gasteiger partial charge is 0.374 e. The molecule has 3 aromatic heterocycles. The number of hydrogen-bond donors (Lipinski definition) is 1. The number of pyridine rings is 2. The fourth-order valence-corrected chi connectivity index (χ4v) is 4.28. The van der Waals surface area contributed by atoms with Gasteiger partial charge in [0.1, 0.15) is 0 Å². The predicted molar refractivity (Wildman–Crippen MR) is 107 cm³/mol. The molecule has 0 radical (unpaired) electrons. The van der Waals surface area contributed by atoms with Crippen LogP contribution in [0.3, 0.4) is 0 Å². The first-order valence-corrected chi connectivity index (χ1v) is 9.42. The number of nitrogens with zero attached hydrogens (tertiary/aromatic N) is 2. The summed E-state index contributed by atoms with van der Waals surface area (Å²) in [6.45, 7) is 5.28. The van der Waals surface area contributed by atoms with Gasteiger partial charge >= 0.3 is 0 Å². The molecule has 0 amide bonds. The Labute approximate surface area is 156 Å². The van der Waals surface area contributed by atoms with Crippen molar-refractivity contribution in [3.8, 4) is 11.4 Å². The van der Waals surface area contributed by atoms with E-state index in [1.807, 2.05) is 30.7 Å². The Morgan fingerprint density at radius 2 is 2.07 bits per heavy atom. The molecule has 0 aliphatic carbocycles. The van der Waals surface area contributed by atoms with Crippen LogP contribution in [0.2, 0.25) is 0 Å². The van der Waals surface area contributed by atoms with Crippen LogP contribution in [-0.2, 0) is 17.7 Å². The van der Waals surface area contributed by atoms with Crippen LogP contribution in [0, 0.1) is 0 Å². The number of benzene rings is 1. The SMILES string of the molecule is CCOC(C)c1cncc2c(=O)n3c(cc12)-c1[nH]c2ccccc2c1CC3. The first-order chi connectivity index (χ1) is 13.2. The Morgan fingerprint density at radius 3 is 2.93 bits per heavy atom. The van der Waals surface area contributed by atoms with Gasteiger partial charge in [-0.1, -0.05) is 18.2 Å². The summed E-state index contributed by atoms with van der Waals surface area (Å²) in [5.74, 6) is 0. The van der Waals surface area contributed by atoms with Gasteiger partial charge in [-0.15, -0.1) is 0 Å². The Bertz CT molecular complexity index is 1240. The summed E-state index contributed by atoms with van der Waals surface area (Å²) in [5, 5.41) is 2.82. The molecule has 1 aromatic carbocycles. The number of H-pyrrole nitrogens is 1. The number of aromatic amines is 1. The van der Waals surface area contributed by atoms with Crippen molar-refractivity contribution in [3.63, 3.8) is 0 Å². The number of rotatable bonds is 3. The number of fused-ring (bicyclic) bond motifs is 6. The molecule has 4 heterocycles. The summed E-state index contributed by atoms with van der Waals surface area (Å²) in [7, 11) is 0. The topological polar surface area (TPSA) is 59.9 Å². The molecule has 1 unspecified atom stereocenters. The van der Waals surface area contributed by atoms with Gasteiger partial charge in [-0.25, -0.2) is 0 Å². The number of ether oxygens (including phenoxy) is 1. The van der Waals surface area contributed by atoms with Gasteiger partial charge in [-0.05, 0) is 43.4 Å². The van der Waals surface area contributed by atoms with Crippen molar-refractivity contribution in [2.24, 2.45) is 0 Å². The number of nitrogens with one attached hydrogen (secondary N) is 1. The molecule has 5 heteroatoms. The molecular formula is C22H21N3O2. The van der Waals surface area contributed by atoms with Crippen LogP contribution in [0.5, 0.6) is 0 Å². The molecule has 0 saturated heterocycles. The van der Waals surface area contributed by atoms with Gasteiger partial charge in [-0.2, -0.15) is 0 Å². The molecule has 5 rings (SSSR count). The minimum Gasteiger partial charge on any atom is -0.374 e. The van der Waals surface area contributed by atoms with E-state index in [4.69, 9.17) is 4.74 Å². The number of para-hydroxylation sites is 1. The normalized spacial score (nSPS) is 14.3. The van der Waals surface area contributed by atoms with E-state index in [2.05, 4.69) is 34.2 Å². The average Bonchev–Trinajstić information content (AvgIpc) is 3.07. The molecule has 0 saturated carbocycles. The van der Waals surface area contributed by atoms with Gasteiger partial charge < -0.3 is 14.3 Å². The molecule has 0 fully saturated rings. The second-order valence-electron chi connectivity index (χ2n) is 7.05. The van der Waals surface area contributed by atoms with Crippen LogP contribution in [0.15, 0.2) is 47.5 Å². The highest BCUT2D eigenvalue weighted by atomic mass is 16.5. The highest BCUT2D eigenvalue weighted by Crippen LogP contribution is 2.36. The van der Waals surface area contributed by atoms with E-state index < -0.39 is 0 Å². The van der Waals surface area contributed by atoms with Crippen LogP contribution in [-0.4, -0.2) is 21.1 Å². The lowest BCUT2D eigenvalue weighted by Gasteiger charge is -2.21. The van der Waals surface area contributed by atoms with Crippen LogP contribution in [0.1, 0.15) is 31.1 Å². The average molecular weight is 359 g/mol. The maximum Gasteiger partial charge on any atom is 0.260 e. The van der Waals surface area contributed by atoms with Gasteiger partial charge in [0.05, 0.1) is 22.9 Å². The van der Waals surface area contributed by atoms with E-state index in [9.17, 15) is 4.79 Å². The zero-order valence-electron chi connectivity index (χ0n) is 15.5. The summed E-state index contributed by atoms with van der Waals surface area (Å²) in [5.41, 5.74) is 5.37. The summed E-state index contributed by atoms with van der Waals surface area (Å²) in [4.78, 5) is 21.0. The third kappa shape index (κ3) is 2.35. The molecule has 136 valence electrons. The van der Waals surface area contributed by atoms with E-state index in [0.29, 0.717) is 18.5 Å². The maximum atomic E-state index is 13.2. The second-order valence-corrected chi connectivity index (χ2v) is 7.05. The Morgan fingerprint density at radius 1 is 1.22 bits per heavy atom. The first-order valence-electron chi connectivity index (χ1n) is 9.42. The lowest BCUT2D eigenvalue weighted by molar-refractivity contribution is 0.0772. The molecule has 5 nitrogen and oxygen atoms in total. The lowest BCUT2D eigenvalue weighted by Crippen LogP contribution is -2.26. The molecule has 0 spiro atoms. The molecule has 1 aliphatic heterocycles. The van der Waals surface area contributed by atoms with Crippen LogP contribution < -0.4 is 5.56 Å². The molecule has 1 N–H and O–H groups in total. The van der Waals surface area contributed by atoms with Crippen molar-refractivity contribution in [1.82, 2.24) is 14.5 Å². The van der Waals surface area contributed by atoms with Crippen molar-refractivity contribution in [2.75, 3.05) is 6.61 Å². The quantitative estimate of drug-likeness (QED) is 0.596. The highest BCUT2D eigenvalue weighted by Gasteiger charge is 2.24. The van der Waals surface area contributed by atoms with E-state index in [1.165, 1.54) is 10.9 Å². The van der Waals surface area contributed by atoms with Crippen molar-refractivity contribution in [3.05, 3.63) is 64.2 Å². The third-order valence-corrected chi connectivity index (χ3v) is 5.58. The van der Waals surface area contributed by atoms with Gasteiger partial charge in [-0.3, -0.25) is 9.78 Å². The summed E-state index contributed by atoms with van der Waals surface area (Å²) >= 11 is 0. The van der Waals surface area contributed by atoms with Gasteiger partial charge in [0.15, 0.2) is 0 Å². The van der Waals surface area contributed by atoms with E-state index in [0.717, 1.165) is 34.3 Å². The maximum absolute atomic E-state index is 13.2. The number of hydrogen-bond acceptors (Lipinski definition) is 3. The third-order valence-electron chi connectivity index (χ3n) is 5.58. The highest BCUT2D eigenvalue weighted by molar-refractivity contribution is 5.93. The fraction of sp³-hybridized carbons (Fsp3) is 0.273. The number of aryl methyl sites for hydroxylation is 1. The monoisotopic (exact) mass is 359 g/mol. The van der Waals surface area contributed by atoms with Crippen LogP contribution in [0.25, 0.3) is 33.1 Å². The Balaban J connectivity index is 1.82.